The van der Waals surface area contributed by atoms with E-state index in [1.165, 1.54) is 23.7 Å². The van der Waals surface area contributed by atoms with Crippen molar-refractivity contribution in [1.29, 1.82) is 0 Å². The van der Waals surface area contributed by atoms with E-state index in [1.54, 1.807) is 11.6 Å². The fraction of sp³-hybridized carbons (Fsp3) is 0.476. The summed E-state index contributed by atoms with van der Waals surface area (Å²) in [7, 11) is 1.74. The number of likely N-dealkylation sites (tertiary alicyclic amines) is 1. The minimum atomic E-state index is -0.0315. The zero-order valence-corrected chi connectivity index (χ0v) is 17.1. The Labute approximate surface area is 164 Å². The fourth-order valence-corrected chi connectivity index (χ4v) is 4.25. The summed E-state index contributed by atoms with van der Waals surface area (Å²) in [4.78, 5) is 31.8. The van der Waals surface area contributed by atoms with Crippen LogP contribution in [0.3, 0.4) is 0 Å². The quantitative estimate of drug-likeness (QED) is 0.586. The molecule has 0 atom stereocenters. The molecule has 1 aliphatic rings. The van der Waals surface area contributed by atoms with Crippen LogP contribution in [0, 0.1) is 13.8 Å². The predicted molar refractivity (Wildman–Crippen MR) is 109 cm³/mol. The molecular weight excluding hydrogens is 358 g/mol. The molecule has 0 unspecified atom stereocenters. The van der Waals surface area contributed by atoms with Crippen LogP contribution in [0.15, 0.2) is 34.2 Å². The second kappa shape index (κ2) is 8.74. The van der Waals surface area contributed by atoms with Crippen molar-refractivity contribution in [2.45, 2.75) is 44.7 Å². The summed E-state index contributed by atoms with van der Waals surface area (Å²) in [5, 5.41) is 0.607. The smallest absolute Gasteiger partial charge is 0.257 e. The van der Waals surface area contributed by atoms with Crippen LogP contribution in [0.2, 0.25) is 0 Å². The van der Waals surface area contributed by atoms with E-state index in [0.717, 1.165) is 37.2 Å². The summed E-state index contributed by atoms with van der Waals surface area (Å²) in [5.41, 5.74) is 3.73. The summed E-state index contributed by atoms with van der Waals surface area (Å²) in [5.74, 6) is 0.465. The highest BCUT2D eigenvalue weighted by Gasteiger charge is 2.18. The van der Waals surface area contributed by atoms with Crippen LogP contribution < -0.4 is 5.56 Å². The maximum Gasteiger partial charge on any atom is 0.257 e. The largest absolute Gasteiger partial charge is 0.342 e. The minimum Gasteiger partial charge on any atom is -0.342 e. The average Bonchev–Trinajstić information content (AvgIpc) is 2.69. The number of carbonyl (C=O) groups is 1. The number of aromatic nitrogens is 2. The van der Waals surface area contributed by atoms with E-state index in [2.05, 4.69) is 17.1 Å². The molecule has 3 rings (SSSR count). The van der Waals surface area contributed by atoms with Gasteiger partial charge in [-0.2, -0.15) is 0 Å². The molecule has 27 heavy (non-hydrogen) atoms. The zero-order chi connectivity index (χ0) is 19.4. The van der Waals surface area contributed by atoms with Crippen LogP contribution in [0.4, 0.5) is 0 Å². The van der Waals surface area contributed by atoms with Crippen molar-refractivity contribution in [1.82, 2.24) is 14.5 Å². The van der Waals surface area contributed by atoms with Gasteiger partial charge in [-0.15, -0.1) is 0 Å². The van der Waals surface area contributed by atoms with Crippen molar-refractivity contribution in [3.8, 4) is 0 Å². The molecule has 1 aliphatic heterocycles. The normalized spacial score (nSPS) is 14.4. The Morgan fingerprint density at radius 1 is 1.11 bits per heavy atom. The number of benzene rings is 1. The van der Waals surface area contributed by atoms with Crippen molar-refractivity contribution in [3.63, 3.8) is 0 Å². The van der Waals surface area contributed by atoms with Gasteiger partial charge in [0.1, 0.15) is 0 Å². The van der Waals surface area contributed by atoms with Crippen molar-refractivity contribution in [2.75, 3.05) is 18.8 Å². The number of hydrogen-bond acceptors (Lipinski definition) is 4. The maximum absolute atomic E-state index is 12.8. The third-order valence-corrected chi connectivity index (χ3v) is 6.10. The molecule has 0 N–H and O–H groups in total. The van der Waals surface area contributed by atoms with Gasteiger partial charge in [0, 0.05) is 37.8 Å². The number of rotatable bonds is 5. The second-order valence-corrected chi connectivity index (χ2v) is 8.16. The van der Waals surface area contributed by atoms with Gasteiger partial charge in [0.2, 0.25) is 5.91 Å². The van der Waals surface area contributed by atoms with Crippen molar-refractivity contribution < 1.29 is 4.79 Å². The molecule has 0 spiro atoms. The summed E-state index contributed by atoms with van der Waals surface area (Å²) < 4.78 is 1.57. The lowest BCUT2D eigenvalue weighted by Gasteiger charge is -2.26. The first kappa shape index (κ1) is 19.7. The monoisotopic (exact) mass is 385 g/mol. The van der Waals surface area contributed by atoms with Gasteiger partial charge in [0.25, 0.3) is 5.56 Å². The van der Waals surface area contributed by atoms with Crippen molar-refractivity contribution in [3.05, 3.63) is 57.0 Å². The SMILES string of the molecule is Cc1ccc(Cc2c(C)nc(SCC(=O)N3CCCCC3)n(C)c2=O)cc1. The van der Waals surface area contributed by atoms with Crippen LogP contribution >= 0.6 is 11.8 Å². The lowest BCUT2D eigenvalue weighted by atomic mass is 10.0. The minimum absolute atomic E-state index is 0.0315. The summed E-state index contributed by atoms with van der Waals surface area (Å²) in [6, 6.07) is 8.21. The lowest BCUT2D eigenvalue weighted by molar-refractivity contribution is -0.129. The number of thioether (sulfide) groups is 1. The zero-order valence-electron chi connectivity index (χ0n) is 16.3. The Kier molecular flexibility index (Phi) is 6.37. The van der Waals surface area contributed by atoms with Gasteiger partial charge in [0.05, 0.1) is 5.75 Å². The Hall–Kier alpha value is -2.08. The first-order valence-electron chi connectivity index (χ1n) is 9.48. The van der Waals surface area contributed by atoms with Gasteiger partial charge < -0.3 is 4.90 Å². The van der Waals surface area contributed by atoms with Crippen LogP contribution in [-0.2, 0) is 18.3 Å². The van der Waals surface area contributed by atoms with Crippen LogP contribution in [0.5, 0.6) is 0 Å². The van der Waals surface area contributed by atoms with Gasteiger partial charge in [0.15, 0.2) is 5.16 Å². The molecule has 2 aromatic rings. The molecule has 5 nitrogen and oxygen atoms in total. The van der Waals surface area contributed by atoms with Gasteiger partial charge in [-0.05, 0) is 38.7 Å². The Morgan fingerprint density at radius 3 is 2.44 bits per heavy atom. The number of amides is 1. The fourth-order valence-electron chi connectivity index (χ4n) is 3.33. The van der Waals surface area contributed by atoms with Gasteiger partial charge in [-0.1, -0.05) is 41.6 Å². The van der Waals surface area contributed by atoms with Gasteiger partial charge in [-0.25, -0.2) is 4.98 Å². The molecule has 0 radical (unpaired) electrons. The molecule has 1 amide bonds. The molecule has 1 aromatic carbocycles. The number of aryl methyl sites for hydroxylation is 2. The van der Waals surface area contributed by atoms with E-state index in [0.29, 0.717) is 22.9 Å². The van der Waals surface area contributed by atoms with Crippen molar-refractivity contribution in [2.24, 2.45) is 7.05 Å². The van der Waals surface area contributed by atoms with E-state index in [9.17, 15) is 9.59 Å². The topological polar surface area (TPSA) is 55.2 Å². The number of piperidine rings is 1. The molecule has 0 saturated carbocycles. The molecule has 6 heteroatoms. The number of carbonyl (C=O) groups excluding carboxylic acids is 1. The third-order valence-electron chi connectivity index (χ3n) is 5.08. The molecule has 144 valence electrons. The van der Waals surface area contributed by atoms with Gasteiger partial charge in [-0.3, -0.25) is 14.2 Å². The molecule has 0 aliphatic carbocycles. The van der Waals surface area contributed by atoms with Crippen LogP contribution in [-0.4, -0.2) is 39.2 Å². The molecule has 1 aromatic heterocycles. The van der Waals surface area contributed by atoms with Crippen LogP contribution in [0.1, 0.15) is 41.6 Å². The number of nitrogens with zero attached hydrogens (tertiary/aromatic N) is 3. The van der Waals surface area contributed by atoms with Gasteiger partial charge >= 0.3 is 0 Å². The highest BCUT2D eigenvalue weighted by Crippen LogP contribution is 2.18. The third kappa shape index (κ3) is 4.80. The molecular formula is C21H27N3O2S. The average molecular weight is 386 g/mol. The second-order valence-electron chi connectivity index (χ2n) is 7.22. The summed E-state index contributed by atoms with van der Waals surface area (Å²) >= 11 is 1.35. The van der Waals surface area contributed by atoms with E-state index >= 15 is 0 Å². The molecule has 2 heterocycles. The van der Waals surface area contributed by atoms with Crippen molar-refractivity contribution >= 4 is 17.7 Å². The molecule has 1 fully saturated rings. The summed E-state index contributed by atoms with van der Waals surface area (Å²) in [6.07, 6.45) is 3.94. The molecule has 1 saturated heterocycles. The van der Waals surface area contributed by atoms with E-state index in [4.69, 9.17) is 0 Å². The van der Waals surface area contributed by atoms with E-state index in [-0.39, 0.29) is 11.5 Å². The number of hydrogen-bond donors (Lipinski definition) is 0. The first-order valence-corrected chi connectivity index (χ1v) is 10.5. The highest BCUT2D eigenvalue weighted by molar-refractivity contribution is 7.99. The Bertz CT molecular complexity index is 868. The summed E-state index contributed by atoms with van der Waals surface area (Å²) in [6.45, 7) is 5.62. The van der Waals surface area contributed by atoms with E-state index in [1.807, 2.05) is 30.9 Å². The predicted octanol–water partition coefficient (Wildman–Crippen LogP) is 3.09. The lowest BCUT2D eigenvalue weighted by Crippen LogP contribution is -2.37. The van der Waals surface area contributed by atoms with Crippen LogP contribution in [0.25, 0.3) is 0 Å². The standard InChI is InChI=1S/C21H27N3O2S/c1-15-7-9-17(10-8-15)13-18-16(2)22-21(23(3)20(18)26)27-14-19(25)24-11-5-4-6-12-24/h7-10H,4-6,11-14H2,1-3H3. The molecule has 0 bridgehead atoms. The highest BCUT2D eigenvalue weighted by atomic mass is 32.2. The Morgan fingerprint density at radius 2 is 1.78 bits per heavy atom. The maximum atomic E-state index is 12.8. The first-order chi connectivity index (χ1) is 13.0. The van der Waals surface area contributed by atoms with E-state index < -0.39 is 0 Å². The Balaban J connectivity index is 1.73.